The number of nitrogens with zero attached hydrogens (tertiary/aromatic N) is 1. The molecule has 2 rings (SSSR count). The molecule has 1 aromatic carbocycles. The van der Waals surface area contributed by atoms with Crippen LogP contribution in [0.2, 0.25) is 5.02 Å². The highest BCUT2D eigenvalue weighted by atomic mass is 35.5. The van der Waals surface area contributed by atoms with E-state index in [4.69, 9.17) is 11.6 Å². The van der Waals surface area contributed by atoms with Gasteiger partial charge in [-0.3, -0.25) is 9.69 Å². The van der Waals surface area contributed by atoms with Gasteiger partial charge in [0, 0.05) is 17.6 Å². The van der Waals surface area contributed by atoms with Crippen LogP contribution in [0.1, 0.15) is 36.5 Å². The lowest BCUT2D eigenvalue weighted by molar-refractivity contribution is 0.0926. The fraction of sp³-hybridized carbons (Fsp3) is 0.533. The van der Waals surface area contributed by atoms with Crippen LogP contribution in [0, 0.1) is 5.82 Å². The number of carbonyl (C=O) groups excluding carboxylic acids is 1. The summed E-state index contributed by atoms with van der Waals surface area (Å²) in [7, 11) is 0. The molecule has 0 bridgehead atoms. The summed E-state index contributed by atoms with van der Waals surface area (Å²) < 4.78 is 13.6. The Kier molecular flexibility index (Phi) is 5.38. The number of halogens is 2. The van der Waals surface area contributed by atoms with E-state index < -0.39 is 11.7 Å². The smallest absolute Gasteiger partial charge is 0.254 e. The van der Waals surface area contributed by atoms with Gasteiger partial charge < -0.3 is 5.32 Å². The molecule has 1 heterocycles. The molecule has 1 aliphatic rings. The van der Waals surface area contributed by atoms with Crippen molar-refractivity contribution in [1.82, 2.24) is 10.2 Å². The maximum absolute atomic E-state index is 13.6. The van der Waals surface area contributed by atoms with Crippen molar-refractivity contribution in [2.45, 2.75) is 32.2 Å². The Labute approximate surface area is 124 Å². The van der Waals surface area contributed by atoms with Crippen LogP contribution < -0.4 is 5.32 Å². The van der Waals surface area contributed by atoms with Gasteiger partial charge in [-0.05, 0) is 51.1 Å². The Balaban J connectivity index is 1.89. The van der Waals surface area contributed by atoms with Crippen LogP contribution in [0.15, 0.2) is 18.2 Å². The Morgan fingerprint density at radius 2 is 2.10 bits per heavy atom. The SMILES string of the molecule is CC(CNC(=O)c1cc(Cl)ccc1F)N1CCCCC1. The molecule has 1 fully saturated rings. The van der Waals surface area contributed by atoms with Crippen LogP contribution >= 0.6 is 11.6 Å². The zero-order valence-corrected chi connectivity index (χ0v) is 12.4. The molecule has 1 aromatic rings. The second-order valence-corrected chi connectivity index (χ2v) is 5.72. The second kappa shape index (κ2) is 7.04. The van der Waals surface area contributed by atoms with E-state index >= 15 is 0 Å². The van der Waals surface area contributed by atoms with Gasteiger partial charge in [-0.25, -0.2) is 4.39 Å². The minimum Gasteiger partial charge on any atom is -0.350 e. The summed E-state index contributed by atoms with van der Waals surface area (Å²) in [5.41, 5.74) is 0.00310. The van der Waals surface area contributed by atoms with Crippen LogP contribution in [-0.2, 0) is 0 Å². The van der Waals surface area contributed by atoms with E-state index in [-0.39, 0.29) is 11.6 Å². The normalized spacial score (nSPS) is 17.8. The predicted octanol–water partition coefficient (Wildman–Crippen LogP) is 3.08. The lowest BCUT2D eigenvalue weighted by atomic mass is 10.1. The summed E-state index contributed by atoms with van der Waals surface area (Å²) in [5, 5.41) is 3.15. The second-order valence-electron chi connectivity index (χ2n) is 5.28. The fourth-order valence-electron chi connectivity index (χ4n) is 2.50. The first-order valence-electron chi connectivity index (χ1n) is 7.05. The topological polar surface area (TPSA) is 32.3 Å². The summed E-state index contributed by atoms with van der Waals surface area (Å²) in [6.07, 6.45) is 3.70. The zero-order chi connectivity index (χ0) is 14.5. The molecule has 3 nitrogen and oxygen atoms in total. The highest BCUT2D eigenvalue weighted by Gasteiger charge is 2.18. The van der Waals surface area contributed by atoms with Gasteiger partial charge in [0.25, 0.3) is 5.91 Å². The summed E-state index contributed by atoms with van der Waals surface area (Å²) in [5.74, 6) is -0.952. The Bertz CT molecular complexity index is 475. The quantitative estimate of drug-likeness (QED) is 0.926. The molecule has 5 heteroatoms. The van der Waals surface area contributed by atoms with E-state index in [1.807, 2.05) is 0 Å². The van der Waals surface area contributed by atoms with E-state index in [1.54, 1.807) is 0 Å². The number of likely N-dealkylation sites (tertiary alicyclic amines) is 1. The molecule has 110 valence electrons. The zero-order valence-electron chi connectivity index (χ0n) is 11.7. The molecule has 1 saturated heterocycles. The van der Waals surface area contributed by atoms with Gasteiger partial charge in [0.2, 0.25) is 0 Å². The van der Waals surface area contributed by atoms with Gasteiger partial charge in [0.15, 0.2) is 0 Å². The number of benzene rings is 1. The van der Waals surface area contributed by atoms with Crippen molar-refractivity contribution in [3.8, 4) is 0 Å². The number of carbonyl (C=O) groups is 1. The van der Waals surface area contributed by atoms with Gasteiger partial charge in [-0.15, -0.1) is 0 Å². The van der Waals surface area contributed by atoms with Gasteiger partial charge in [0.05, 0.1) is 5.56 Å². The molecule has 1 aliphatic heterocycles. The van der Waals surface area contributed by atoms with Crippen LogP contribution in [-0.4, -0.2) is 36.5 Å². The molecule has 1 N–H and O–H groups in total. The van der Waals surface area contributed by atoms with Crippen molar-refractivity contribution in [3.63, 3.8) is 0 Å². The van der Waals surface area contributed by atoms with Crippen molar-refractivity contribution in [3.05, 3.63) is 34.6 Å². The van der Waals surface area contributed by atoms with Gasteiger partial charge in [0.1, 0.15) is 5.82 Å². The standard InChI is InChI=1S/C15H20ClFN2O/c1-11(19-7-3-2-4-8-19)10-18-15(20)13-9-12(16)5-6-14(13)17/h5-6,9,11H,2-4,7-8,10H2,1H3,(H,18,20). The van der Waals surface area contributed by atoms with Crippen molar-refractivity contribution in [2.24, 2.45) is 0 Å². The van der Waals surface area contributed by atoms with Crippen molar-refractivity contribution >= 4 is 17.5 Å². The minimum atomic E-state index is -0.544. The molecule has 20 heavy (non-hydrogen) atoms. The number of amides is 1. The molecule has 0 spiro atoms. The number of rotatable bonds is 4. The summed E-state index contributed by atoms with van der Waals surface area (Å²) in [4.78, 5) is 14.3. The van der Waals surface area contributed by atoms with E-state index in [2.05, 4.69) is 17.1 Å². The number of hydrogen-bond acceptors (Lipinski definition) is 2. The maximum atomic E-state index is 13.6. The fourth-order valence-corrected chi connectivity index (χ4v) is 2.67. The number of piperidine rings is 1. The average Bonchev–Trinajstić information content (AvgIpc) is 2.47. The first kappa shape index (κ1) is 15.3. The van der Waals surface area contributed by atoms with Crippen molar-refractivity contribution in [1.29, 1.82) is 0 Å². The van der Waals surface area contributed by atoms with Crippen LogP contribution in [0.3, 0.4) is 0 Å². The predicted molar refractivity (Wildman–Crippen MR) is 78.6 cm³/mol. The molecule has 0 radical (unpaired) electrons. The van der Waals surface area contributed by atoms with E-state index in [0.29, 0.717) is 11.6 Å². The van der Waals surface area contributed by atoms with Crippen molar-refractivity contribution in [2.75, 3.05) is 19.6 Å². The molecule has 0 saturated carbocycles. The van der Waals surface area contributed by atoms with E-state index in [9.17, 15) is 9.18 Å². The van der Waals surface area contributed by atoms with Gasteiger partial charge >= 0.3 is 0 Å². The van der Waals surface area contributed by atoms with E-state index in [0.717, 1.165) is 13.1 Å². The number of hydrogen-bond donors (Lipinski definition) is 1. The van der Waals surface area contributed by atoms with Gasteiger partial charge in [-0.1, -0.05) is 18.0 Å². The summed E-state index contributed by atoms with van der Waals surface area (Å²) in [6, 6.07) is 4.27. The molecule has 1 amide bonds. The van der Waals surface area contributed by atoms with E-state index in [1.165, 1.54) is 37.5 Å². The molecular weight excluding hydrogens is 279 g/mol. The molecular formula is C15H20ClFN2O. The van der Waals surface area contributed by atoms with Crippen LogP contribution in [0.25, 0.3) is 0 Å². The lowest BCUT2D eigenvalue weighted by Crippen LogP contribution is -2.44. The maximum Gasteiger partial charge on any atom is 0.254 e. The Morgan fingerprint density at radius 3 is 2.80 bits per heavy atom. The third-order valence-corrected chi connectivity index (χ3v) is 3.98. The Hall–Kier alpha value is -1.13. The van der Waals surface area contributed by atoms with Crippen LogP contribution in [0.4, 0.5) is 4.39 Å². The summed E-state index contributed by atoms with van der Waals surface area (Å²) in [6.45, 7) is 4.75. The molecule has 0 aromatic heterocycles. The van der Waals surface area contributed by atoms with Crippen molar-refractivity contribution < 1.29 is 9.18 Å². The highest BCUT2D eigenvalue weighted by Crippen LogP contribution is 2.15. The summed E-state index contributed by atoms with van der Waals surface area (Å²) >= 11 is 5.79. The monoisotopic (exact) mass is 298 g/mol. The number of nitrogens with one attached hydrogen (secondary N) is 1. The Morgan fingerprint density at radius 1 is 1.40 bits per heavy atom. The first-order valence-corrected chi connectivity index (χ1v) is 7.43. The first-order chi connectivity index (χ1) is 9.58. The molecule has 0 aliphatic carbocycles. The van der Waals surface area contributed by atoms with Crippen LogP contribution in [0.5, 0.6) is 0 Å². The molecule has 1 atom stereocenters. The van der Waals surface area contributed by atoms with Gasteiger partial charge in [-0.2, -0.15) is 0 Å². The third-order valence-electron chi connectivity index (χ3n) is 3.75. The molecule has 1 unspecified atom stereocenters. The minimum absolute atomic E-state index is 0.00310. The lowest BCUT2D eigenvalue weighted by Gasteiger charge is -2.32. The average molecular weight is 299 g/mol. The largest absolute Gasteiger partial charge is 0.350 e. The third kappa shape index (κ3) is 3.93. The highest BCUT2D eigenvalue weighted by molar-refractivity contribution is 6.30.